The third-order valence-corrected chi connectivity index (χ3v) is 2.88. The van der Waals surface area contributed by atoms with E-state index in [-0.39, 0.29) is 6.54 Å². The van der Waals surface area contributed by atoms with Gasteiger partial charge >= 0.3 is 0 Å². The highest BCUT2D eigenvalue weighted by atomic mass is 16.1. The van der Waals surface area contributed by atoms with Gasteiger partial charge in [0.25, 0.3) is 0 Å². The van der Waals surface area contributed by atoms with Crippen molar-refractivity contribution in [2.75, 3.05) is 0 Å². The largest absolute Gasteiger partial charge is 0.301 e. The summed E-state index contributed by atoms with van der Waals surface area (Å²) >= 11 is 0. The fraction of sp³-hybridized carbons (Fsp3) is 0.0667. The monoisotopic (exact) mass is 264 g/mol. The van der Waals surface area contributed by atoms with E-state index in [1.54, 1.807) is 17.1 Å². The number of carbonyl (C=O) groups is 1. The molecular formula is C15H12N4O. The first-order valence-electron chi connectivity index (χ1n) is 6.23. The van der Waals surface area contributed by atoms with Crippen LogP contribution in [0.3, 0.4) is 0 Å². The van der Waals surface area contributed by atoms with Crippen molar-refractivity contribution in [2.24, 2.45) is 0 Å². The predicted octanol–water partition coefficient (Wildman–Crippen LogP) is 2.21. The zero-order chi connectivity index (χ0) is 13.8. The first-order valence-corrected chi connectivity index (χ1v) is 6.23. The molecule has 0 aliphatic heterocycles. The van der Waals surface area contributed by atoms with Crippen LogP contribution >= 0.6 is 0 Å². The topological polar surface area (TPSA) is 60.7 Å². The van der Waals surface area contributed by atoms with Crippen molar-refractivity contribution >= 4 is 6.29 Å². The second kappa shape index (κ2) is 5.44. The Morgan fingerprint density at radius 1 is 0.950 bits per heavy atom. The van der Waals surface area contributed by atoms with Gasteiger partial charge in [-0.25, -0.2) is 0 Å². The summed E-state index contributed by atoms with van der Waals surface area (Å²) in [4.78, 5) is 19.4. The Morgan fingerprint density at radius 2 is 1.65 bits per heavy atom. The Bertz CT molecular complexity index is 707. The van der Waals surface area contributed by atoms with Gasteiger partial charge in [-0.15, -0.1) is 0 Å². The van der Waals surface area contributed by atoms with E-state index < -0.39 is 0 Å². The summed E-state index contributed by atoms with van der Waals surface area (Å²) in [6, 6.07) is 13.2. The van der Waals surface area contributed by atoms with E-state index in [9.17, 15) is 4.79 Å². The minimum Gasteiger partial charge on any atom is -0.301 e. The van der Waals surface area contributed by atoms with Crippen molar-refractivity contribution in [2.45, 2.75) is 6.54 Å². The Hall–Kier alpha value is -2.82. The SMILES string of the molecule is O=CCn1nc(-c2ccccn2)cc1-c1ccccn1. The molecule has 0 spiro atoms. The minimum atomic E-state index is 0.193. The van der Waals surface area contributed by atoms with E-state index in [2.05, 4.69) is 15.1 Å². The second-order valence-electron chi connectivity index (χ2n) is 4.19. The molecule has 0 N–H and O–H groups in total. The van der Waals surface area contributed by atoms with Crippen LogP contribution in [0, 0.1) is 0 Å². The molecular weight excluding hydrogens is 252 g/mol. The smallest absolute Gasteiger partial charge is 0.141 e. The number of pyridine rings is 2. The summed E-state index contributed by atoms with van der Waals surface area (Å²) in [7, 11) is 0. The molecule has 0 aliphatic rings. The summed E-state index contributed by atoms with van der Waals surface area (Å²) < 4.78 is 1.64. The third kappa shape index (κ3) is 2.33. The molecule has 0 aromatic carbocycles. The lowest BCUT2D eigenvalue weighted by Gasteiger charge is -2.01. The normalized spacial score (nSPS) is 10.4. The van der Waals surface area contributed by atoms with E-state index in [0.29, 0.717) is 0 Å². The van der Waals surface area contributed by atoms with Crippen molar-refractivity contribution in [3.05, 3.63) is 54.9 Å². The predicted molar refractivity (Wildman–Crippen MR) is 74.8 cm³/mol. The molecule has 3 aromatic heterocycles. The highest BCUT2D eigenvalue weighted by Gasteiger charge is 2.12. The first kappa shape index (κ1) is 12.2. The average Bonchev–Trinajstić information content (AvgIpc) is 2.94. The zero-order valence-corrected chi connectivity index (χ0v) is 10.7. The molecule has 0 saturated heterocycles. The van der Waals surface area contributed by atoms with E-state index in [1.165, 1.54) is 0 Å². The standard InChI is InChI=1S/C15H12N4O/c20-10-9-19-15(13-6-2-4-8-17-13)11-14(18-19)12-5-1-3-7-16-12/h1-8,10-11H,9H2. The van der Waals surface area contributed by atoms with Crippen molar-refractivity contribution in [3.8, 4) is 22.8 Å². The number of rotatable bonds is 4. The molecule has 0 aliphatic carbocycles. The van der Waals surface area contributed by atoms with Crippen LogP contribution in [-0.2, 0) is 11.3 Å². The van der Waals surface area contributed by atoms with Crippen molar-refractivity contribution < 1.29 is 4.79 Å². The average molecular weight is 264 g/mol. The van der Waals surface area contributed by atoms with Crippen LogP contribution in [0.25, 0.3) is 22.8 Å². The van der Waals surface area contributed by atoms with Crippen LogP contribution < -0.4 is 0 Å². The molecule has 3 rings (SSSR count). The van der Waals surface area contributed by atoms with Gasteiger partial charge in [-0.05, 0) is 30.3 Å². The van der Waals surface area contributed by atoms with Crippen LogP contribution in [0.5, 0.6) is 0 Å². The lowest BCUT2D eigenvalue weighted by molar-refractivity contribution is -0.108. The number of nitrogens with zero attached hydrogens (tertiary/aromatic N) is 4. The fourth-order valence-electron chi connectivity index (χ4n) is 1.99. The molecule has 3 aromatic rings. The van der Waals surface area contributed by atoms with Crippen molar-refractivity contribution in [3.63, 3.8) is 0 Å². The van der Waals surface area contributed by atoms with Crippen molar-refractivity contribution in [1.82, 2.24) is 19.7 Å². The lowest BCUT2D eigenvalue weighted by Crippen LogP contribution is -2.03. The summed E-state index contributed by atoms with van der Waals surface area (Å²) in [5, 5.41) is 4.43. The van der Waals surface area contributed by atoms with E-state index in [0.717, 1.165) is 29.1 Å². The maximum Gasteiger partial charge on any atom is 0.141 e. The van der Waals surface area contributed by atoms with Crippen LogP contribution in [0.4, 0.5) is 0 Å². The first-order chi connectivity index (χ1) is 9.88. The molecule has 0 saturated carbocycles. The van der Waals surface area contributed by atoms with E-state index in [4.69, 9.17) is 0 Å². The Morgan fingerprint density at radius 3 is 2.25 bits per heavy atom. The van der Waals surface area contributed by atoms with Crippen LogP contribution in [0.15, 0.2) is 54.9 Å². The van der Waals surface area contributed by atoms with Gasteiger partial charge in [-0.3, -0.25) is 14.6 Å². The number of carbonyl (C=O) groups excluding carboxylic acids is 1. The molecule has 3 heterocycles. The molecule has 20 heavy (non-hydrogen) atoms. The fourth-order valence-corrected chi connectivity index (χ4v) is 1.99. The molecule has 0 bridgehead atoms. The van der Waals surface area contributed by atoms with Gasteiger partial charge in [0, 0.05) is 12.4 Å². The molecule has 0 radical (unpaired) electrons. The summed E-state index contributed by atoms with van der Waals surface area (Å²) in [5.41, 5.74) is 3.09. The highest BCUT2D eigenvalue weighted by Crippen LogP contribution is 2.23. The van der Waals surface area contributed by atoms with Gasteiger partial charge in [-0.1, -0.05) is 12.1 Å². The third-order valence-electron chi connectivity index (χ3n) is 2.88. The zero-order valence-electron chi connectivity index (χ0n) is 10.7. The molecule has 0 atom stereocenters. The van der Waals surface area contributed by atoms with Gasteiger partial charge in [0.2, 0.25) is 0 Å². The molecule has 0 amide bonds. The number of aromatic nitrogens is 4. The second-order valence-corrected chi connectivity index (χ2v) is 4.19. The number of aldehydes is 1. The number of hydrogen-bond donors (Lipinski definition) is 0. The molecule has 5 heteroatoms. The van der Waals surface area contributed by atoms with Gasteiger partial charge in [0.05, 0.1) is 23.6 Å². The maximum atomic E-state index is 10.8. The van der Waals surface area contributed by atoms with E-state index in [1.807, 2.05) is 42.5 Å². The van der Waals surface area contributed by atoms with Crippen LogP contribution in [0.2, 0.25) is 0 Å². The van der Waals surface area contributed by atoms with E-state index >= 15 is 0 Å². The minimum absolute atomic E-state index is 0.193. The Kier molecular flexibility index (Phi) is 3.33. The summed E-state index contributed by atoms with van der Waals surface area (Å²) in [6.07, 6.45) is 4.25. The van der Waals surface area contributed by atoms with Gasteiger partial charge in [-0.2, -0.15) is 5.10 Å². The lowest BCUT2D eigenvalue weighted by atomic mass is 10.2. The van der Waals surface area contributed by atoms with Gasteiger partial charge in [0.1, 0.15) is 12.0 Å². The highest BCUT2D eigenvalue weighted by molar-refractivity contribution is 5.65. The van der Waals surface area contributed by atoms with Gasteiger partial charge < -0.3 is 4.79 Å². The maximum absolute atomic E-state index is 10.8. The van der Waals surface area contributed by atoms with Crippen LogP contribution in [-0.4, -0.2) is 26.0 Å². The molecule has 0 unspecified atom stereocenters. The number of hydrogen-bond acceptors (Lipinski definition) is 4. The molecule has 5 nitrogen and oxygen atoms in total. The molecule has 98 valence electrons. The van der Waals surface area contributed by atoms with Crippen molar-refractivity contribution in [1.29, 1.82) is 0 Å². The van der Waals surface area contributed by atoms with Gasteiger partial charge in [0.15, 0.2) is 0 Å². The van der Waals surface area contributed by atoms with Crippen LogP contribution in [0.1, 0.15) is 0 Å². The molecule has 0 fully saturated rings. The Balaban J connectivity index is 2.10. The summed E-state index contributed by atoms with van der Waals surface area (Å²) in [6.45, 7) is 0.193. The Labute approximate surface area is 115 Å². The summed E-state index contributed by atoms with van der Waals surface area (Å²) in [5.74, 6) is 0. The quantitative estimate of drug-likeness (QED) is 0.678.